The smallest absolute Gasteiger partial charge is 0.292 e. The minimum Gasteiger partial charge on any atom is -0.292 e. The highest BCUT2D eigenvalue weighted by molar-refractivity contribution is 7.99. The molecule has 1 aromatic heterocycles. The molecule has 2 rings (SSSR count). The highest BCUT2D eigenvalue weighted by Gasteiger charge is 2.10. The first kappa shape index (κ1) is 9.30. The van der Waals surface area contributed by atoms with Crippen LogP contribution in [0, 0.1) is 0 Å². The molecule has 1 fully saturated rings. The second-order valence-corrected chi connectivity index (χ2v) is 5.09. The predicted octanol–water partition coefficient (Wildman–Crippen LogP) is 0.916. The minimum atomic E-state index is 0.151. The Morgan fingerprint density at radius 3 is 2.77 bits per heavy atom. The third-order valence-corrected chi connectivity index (χ3v) is 3.74. The summed E-state index contributed by atoms with van der Waals surface area (Å²) in [6.45, 7) is 2.98. The number of rotatable bonds is 2. The van der Waals surface area contributed by atoms with Gasteiger partial charge in [0.15, 0.2) is 0 Å². The fourth-order valence-electron chi connectivity index (χ4n) is 1.35. The van der Waals surface area contributed by atoms with Crippen LogP contribution < -0.4 is 4.87 Å². The van der Waals surface area contributed by atoms with Crippen LogP contribution in [0.1, 0.15) is 0 Å². The first-order chi connectivity index (χ1) is 6.36. The maximum atomic E-state index is 11.2. The summed E-state index contributed by atoms with van der Waals surface area (Å²) in [4.78, 5) is 13.7. The van der Waals surface area contributed by atoms with Gasteiger partial charge in [-0.05, 0) is 0 Å². The van der Waals surface area contributed by atoms with Gasteiger partial charge >= 0.3 is 4.87 Å². The van der Waals surface area contributed by atoms with Gasteiger partial charge in [-0.25, -0.2) is 0 Å². The van der Waals surface area contributed by atoms with Crippen LogP contribution in [0.25, 0.3) is 0 Å². The van der Waals surface area contributed by atoms with E-state index in [-0.39, 0.29) is 4.87 Å². The average molecular weight is 216 g/mol. The molecule has 72 valence electrons. The van der Waals surface area contributed by atoms with Gasteiger partial charge in [0.2, 0.25) is 0 Å². The number of nitrogens with zero attached hydrogens (tertiary/aromatic N) is 2. The summed E-state index contributed by atoms with van der Waals surface area (Å²) in [5, 5.41) is 1.85. The summed E-state index contributed by atoms with van der Waals surface area (Å²) in [6, 6.07) is 0. The van der Waals surface area contributed by atoms with E-state index in [1.165, 1.54) is 22.8 Å². The minimum absolute atomic E-state index is 0.151. The van der Waals surface area contributed by atoms with Crippen molar-refractivity contribution in [3.05, 3.63) is 21.2 Å². The normalized spacial score (nSPS) is 19.1. The van der Waals surface area contributed by atoms with Gasteiger partial charge < -0.3 is 0 Å². The monoisotopic (exact) mass is 216 g/mol. The molecule has 1 aliphatic rings. The first-order valence-electron chi connectivity index (χ1n) is 4.30. The average Bonchev–Trinajstić information content (AvgIpc) is 2.54. The van der Waals surface area contributed by atoms with E-state index < -0.39 is 0 Å². The van der Waals surface area contributed by atoms with Crippen molar-refractivity contribution in [2.24, 2.45) is 0 Å². The molecule has 0 bridgehead atoms. The van der Waals surface area contributed by atoms with Gasteiger partial charge in [-0.15, -0.1) is 0 Å². The molecule has 3 nitrogen and oxygen atoms in total. The zero-order valence-electron chi connectivity index (χ0n) is 7.31. The number of thiazole rings is 1. The van der Waals surface area contributed by atoms with Gasteiger partial charge in [-0.3, -0.25) is 14.3 Å². The van der Waals surface area contributed by atoms with E-state index in [1.54, 1.807) is 4.57 Å². The summed E-state index contributed by atoms with van der Waals surface area (Å²) in [7, 11) is 0. The van der Waals surface area contributed by atoms with Crippen LogP contribution in [0.2, 0.25) is 0 Å². The molecule has 0 saturated carbocycles. The van der Waals surface area contributed by atoms with Gasteiger partial charge in [0.05, 0.1) is 6.67 Å². The van der Waals surface area contributed by atoms with E-state index in [4.69, 9.17) is 0 Å². The fourth-order valence-corrected chi connectivity index (χ4v) is 2.91. The Labute approximate surface area is 85.4 Å². The van der Waals surface area contributed by atoms with Crippen molar-refractivity contribution in [1.82, 2.24) is 9.47 Å². The summed E-state index contributed by atoms with van der Waals surface area (Å²) >= 11 is 3.26. The SMILES string of the molecule is O=c1sccn1CN1CCSCC1. The van der Waals surface area contributed by atoms with Crippen molar-refractivity contribution in [3.63, 3.8) is 0 Å². The molecule has 2 heterocycles. The van der Waals surface area contributed by atoms with E-state index >= 15 is 0 Å². The fraction of sp³-hybridized carbons (Fsp3) is 0.625. The summed E-state index contributed by atoms with van der Waals surface area (Å²) in [5.74, 6) is 2.39. The van der Waals surface area contributed by atoms with E-state index in [0.29, 0.717) is 0 Å². The van der Waals surface area contributed by atoms with Crippen LogP contribution >= 0.6 is 23.1 Å². The standard InChI is InChI=1S/C8H12N2OS2/c11-8-10(3-6-13-8)7-9-1-4-12-5-2-9/h3,6H,1-2,4-5,7H2. The zero-order valence-corrected chi connectivity index (χ0v) is 8.94. The lowest BCUT2D eigenvalue weighted by atomic mass is 10.5. The molecule has 5 heteroatoms. The van der Waals surface area contributed by atoms with Crippen LogP contribution in [-0.4, -0.2) is 34.1 Å². The third-order valence-electron chi connectivity index (χ3n) is 2.10. The molecule has 0 aliphatic carbocycles. The van der Waals surface area contributed by atoms with Crippen molar-refractivity contribution in [2.45, 2.75) is 6.67 Å². The number of thioether (sulfide) groups is 1. The van der Waals surface area contributed by atoms with E-state index in [2.05, 4.69) is 4.90 Å². The highest BCUT2D eigenvalue weighted by atomic mass is 32.2. The topological polar surface area (TPSA) is 25.2 Å². The molecule has 1 aliphatic heterocycles. The maximum absolute atomic E-state index is 11.2. The Hall–Kier alpha value is -0.260. The Balaban J connectivity index is 1.97. The molecule has 1 aromatic rings. The Morgan fingerprint density at radius 2 is 2.15 bits per heavy atom. The second kappa shape index (κ2) is 4.30. The molecular formula is C8H12N2OS2. The van der Waals surface area contributed by atoms with Crippen LogP contribution in [0.4, 0.5) is 0 Å². The maximum Gasteiger partial charge on any atom is 0.308 e. The lowest BCUT2D eigenvalue weighted by Crippen LogP contribution is -2.36. The van der Waals surface area contributed by atoms with Gasteiger partial charge in [0.25, 0.3) is 0 Å². The van der Waals surface area contributed by atoms with Gasteiger partial charge in [0.1, 0.15) is 0 Å². The molecule has 0 aromatic carbocycles. The molecule has 0 unspecified atom stereocenters. The van der Waals surface area contributed by atoms with Crippen molar-refractivity contribution in [2.75, 3.05) is 24.6 Å². The van der Waals surface area contributed by atoms with Gasteiger partial charge in [-0.2, -0.15) is 11.8 Å². The number of aromatic nitrogens is 1. The van der Waals surface area contributed by atoms with E-state index in [9.17, 15) is 4.79 Å². The van der Waals surface area contributed by atoms with Crippen molar-refractivity contribution < 1.29 is 0 Å². The van der Waals surface area contributed by atoms with Crippen LogP contribution in [0.3, 0.4) is 0 Å². The van der Waals surface area contributed by atoms with E-state index in [0.717, 1.165) is 19.8 Å². The van der Waals surface area contributed by atoms with Crippen LogP contribution in [-0.2, 0) is 6.67 Å². The van der Waals surface area contributed by atoms with Crippen LogP contribution in [0.15, 0.2) is 16.4 Å². The molecule has 0 spiro atoms. The van der Waals surface area contributed by atoms with Crippen molar-refractivity contribution >= 4 is 23.1 Å². The quantitative estimate of drug-likeness (QED) is 0.735. The summed E-state index contributed by atoms with van der Waals surface area (Å²) in [5.41, 5.74) is 0. The summed E-state index contributed by atoms with van der Waals surface area (Å²) in [6.07, 6.45) is 1.87. The summed E-state index contributed by atoms with van der Waals surface area (Å²) < 4.78 is 1.78. The first-order valence-corrected chi connectivity index (χ1v) is 6.34. The van der Waals surface area contributed by atoms with E-state index in [1.807, 2.05) is 23.3 Å². The number of hydrogen-bond acceptors (Lipinski definition) is 4. The number of hydrogen-bond donors (Lipinski definition) is 0. The van der Waals surface area contributed by atoms with Gasteiger partial charge in [-0.1, -0.05) is 11.3 Å². The molecule has 0 N–H and O–H groups in total. The predicted molar refractivity (Wildman–Crippen MR) is 57.5 cm³/mol. The third kappa shape index (κ3) is 2.36. The molecule has 0 radical (unpaired) electrons. The molecular weight excluding hydrogens is 204 g/mol. The van der Waals surface area contributed by atoms with Crippen molar-refractivity contribution in [3.8, 4) is 0 Å². The van der Waals surface area contributed by atoms with Crippen molar-refractivity contribution in [1.29, 1.82) is 0 Å². The molecule has 0 atom stereocenters. The zero-order chi connectivity index (χ0) is 9.10. The van der Waals surface area contributed by atoms with Gasteiger partial charge in [0, 0.05) is 36.2 Å². The van der Waals surface area contributed by atoms with Crippen LogP contribution in [0.5, 0.6) is 0 Å². The Kier molecular flexibility index (Phi) is 3.08. The molecule has 0 amide bonds. The lowest BCUT2D eigenvalue weighted by molar-refractivity contribution is 0.239. The Morgan fingerprint density at radius 1 is 1.38 bits per heavy atom. The largest absolute Gasteiger partial charge is 0.308 e. The molecule has 13 heavy (non-hydrogen) atoms. The Bertz CT molecular complexity index is 314. The lowest BCUT2D eigenvalue weighted by Gasteiger charge is -2.25. The molecule has 1 saturated heterocycles. The highest BCUT2D eigenvalue weighted by Crippen LogP contribution is 2.09. The second-order valence-electron chi connectivity index (χ2n) is 3.01.